The van der Waals surface area contributed by atoms with Gasteiger partial charge in [0.25, 0.3) is 0 Å². The molecule has 1 aliphatic rings. The highest BCUT2D eigenvalue weighted by atomic mass is 16.5. The predicted octanol–water partition coefficient (Wildman–Crippen LogP) is 4.79. The first-order chi connectivity index (χ1) is 14.1. The third kappa shape index (κ3) is 4.02. The fraction of sp³-hybridized carbons (Fsp3) is 0.478. The third-order valence-electron chi connectivity index (χ3n) is 5.75. The normalized spacial score (nSPS) is 18.3. The van der Waals surface area contributed by atoms with Crippen molar-refractivity contribution in [1.29, 1.82) is 0 Å². The molecule has 0 aliphatic heterocycles. The molecular weight excluding hydrogens is 372 g/mol. The number of hydrogen-bond acceptors (Lipinski definition) is 6. The lowest BCUT2D eigenvalue weighted by Crippen LogP contribution is -2.01. The largest absolute Gasteiger partial charge is 0.493 e. The molecule has 0 amide bonds. The summed E-state index contributed by atoms with van der Waals surface area (Å²) in [5.41, 5.74) is 2.41. The second-order valence-electron chi connectivity index (χ2n) is 7.12. The van der Waals surface area contributed by atoms with E-state index in [4.69, 9.17) is 28.4 Å². The molecule has 1 aliphatic carbocycles. The van der Waals surface area contributed by atoms with Crippen molar-refractivity contribution in [3.05, 3.63) is 35.4 Å². The highest BCUT2D eigenvalue weighted by Gasteiger charge is 2.30. The Morgan fingerprint density at radius 1 is 0.517 bits per heavy atom. The lowest BCUT2D eigenvalue weighted by atomic mass is 9.92. The van der Waals surface area contributed by atoms with Gasteiger partial charge in [-0.15, -0.1) is 0 Å². The molecule has 0 heterocycles. The van der Waals surface area contributed by atoms with E-state index >= 15 is 0 Å². The topological polar surface area (TPSA) is 55.4 Å². The van der Waals surface area contributed by atoms with Crippen LogP contribution in [0.2, 0.25) is 0 Å². The maximum absolute atomic E-state index is 5.52. The molecule has 3 rings (SSSR count). The van der Waals surface area contributed by atoms with Crippen LogP contribution in [0.4, 0.5) is 0 Å². The molecule has 2 atom stereocenters. The first kappa shape index (κ1) is 21.0. The molecule has 0 N–H and O–H groups in total. The predicted molar refractivity (Wildman–Crippen MR) is 112 cm³/mol. The third-order valence-corrected chi connectivity index (χ3v) is 5.75. The fourth-order valence-corrected chi connectivity index (χ4v) is 4.26. The second kappa shape index (κ2) is 9.16. The van der Waals surface area contributed by atoms with Gasteiger partial charge in [0.15, 0.2) is 23.0 Å². The van der Waals surface area contributed by atoms with Crippen molar-refractivity contribution in [1.82, 2.24) is 0 Å². The van der Waals surface area contributed by atoms with Crippen LogP contribution in [0.15, 0.2) is 24.3 Å². The van der Waals surface area contributed by atoms with Crippen LogP contribution in [0.3, 0.4) is 0 Å². The summed E-state index contributed by atoms with van der Waals surface area (Å²) >= 11 is 0. The molecule has 0 aromatic heterocycles. The number of benzene rings is 2. The average molecular weight is 402 g/mol. The van der Waals surface area contributed by atoms with E-state index in [0.717, 1.165) is 19.3 Å². The molecule has 2 aromatic carbocycles. The van der Waals surface area contributed by atoms with Crippen LogP contribution in [0.25, 0.3) is 0 Å². The molecule has 1 fully saturated rings. The van der Waals surface area contributed by atoms with Crippen LogP contribution in [-0.4, -0.2) is 42.7 Å². The van der Waals surface area contributed by atoms with Gasteiger partial charge in [0, 0.05) is 0 Å². The van der Waals surface area contributed by atoms with Crippen LogP contribution < -0.4 is 28.4 Å². The van der Waals surface area contributed by atoms with E-state index in [1.165, 1.54) is 11.1 Å². The first-order valence-corrected chi connectivity index (χ1v) is 9.69. The van der Waals surface area contributed by atoms with Gasteiger partial charge in [-0.2, -0.15) is 0 Å². The Balaban J connectivity index is 1.89. The van der Waals surface area contributed by atoms with Crippen LogP contribution in [-0.2, 0) is 0 Å². The molecule has 0 bridgehead atoms. The van der Waals surface area contributed by atoms with Gasteiger partial charge in [-0.3, -0.25) is 0 Å². The lowest BCUT2D eigenvalue weighted by Gasteiger charge is -2.19. The van der Waals surface area contributed by atoms with Crippen molar-refractivity contribution >= 4 is 0 Å². The Morgan fingerprint density at radius 2 is 0.828 bits per heavy atom. The summed E-state index contributed by atoms with van der Waals surface area (Å²) in [6.07, 6.45) is 3.19. The zero-order valence-electron chi connectivity index (χ0n) is 18.0. The van der Waals surface area contributed by atoms with Gasteiger partial charge in [-0.1, -0.05) is 0 Å². The summed E-state index contributed by atoms with van der Waals surface area (Å²) < 4.78 is 33.0. The van der Waals surface area contributed by atoms with Gasteiger partial charge >= 0.3 is 0 Å². The van der Waals surface area contributed by atoms with Crippen molar-refractivity contribution in [3.63, 3.8) is 0 Å². The molecule has 29 heavy (non-hydrogen) atoms. The maximum atomic E-state index is 5.52. The Kier molecular flexibility index (Phi) is 6.62. The first-order valence-electron chi connectivity index (χ1n) is 9.69. The fourth-order valence-electron chi connectivity index (χ4n) is 4.26. The standard InChI is InChI=1S/C23H30O6/c1-24-18-10-16(11-19(25-2)22(18)28-5)14-7-8-15(9-14)17-12-20(26-3)23(29-6)21(13-17)27-4/h10-15H,7-9H2,1-6H3. The van der Waals surface area contributed by atoms with Crippen LogP contribution in [0, 0.1) is 0 Å². The monoisotopic (exact) mass is 402 g/mol. The van der Waals surface area contributed by atoms with Crippen molar-refractivity contribution in [3.8, 4) is 34.5 Å². The maximum Gasteiger partial charge on any atom is 0.203 e. The zero-order chi connectivity index (χ0) is 21.0. The van der Waals surface area contributed by atoms with Gasteiger partial charge in [-0.05, 0) is 66.5 Å². The minimum Gasteiger partial charge on any atom is -0.493 e. The second-order valence-corrected chi connectivity index (χ2v) is 7.12. The van der Waals surface area contributed by atoms with Crippen molar-refractivity contribution < 1.29 is 28.4 Å². The average Bonchev–Trinajstić information content (AvgIpc) is 3.27. The minimum atomic E-state index is 0.410. The number of hydrogen-bond donors (Lipinski definition) is 0. The van der Waals surface area contributed by atoms with Crippen molar-refractivity contribution in [2.75, 3.05) is 42.7 Å². The van der Waals surface area contributed by atoms with E-state index in [1.54, 1.807) is 42.7 Å². The Bertz CT molecular complexity index is 728. The molecule has 0 radical (unpaired) electrons. The molecule has 6 nitrogen and oxygen atoms in total. The quantitative estimate of drug-likeness (QED) is 0.633. The Hall–Kier alpha value is -2.76. The van der Waals surface area contributed by atoms with Gasteiger partial charge < -0.3 is 28.4 Å². The van der Waals surface area contributed by atoms with E-state index in [1.807, 2.05) is 0 Å². The van der Waals surface area contributed by atoms with E-state index < -0.39 is 0 Å². The SMILES string of the molecule is COc1cc(C2CCC(c3cc(OC)c(OC)c(OC)c3)C2)cc(OC)c1OC. The lowest BCUT2D eigenvalue weighted by molar-refractivity contribution is 0.323. The summed E-state index contributed by atoms with van der Waals surface area (Å²) in [6.45, 7) is 0. The summed E-state index contributed by atoms with van der Waals surface area (Å²) in [6, 6.07) is 8.24. The number of rotatable bonds is 8. The van der Waals surface area contributed by atoms with Crippen molar-refractivity contribution in [2.45, 2.75) is 31.1 Å². The van der Waals surface area contributed by atoms with Gasteiger partial charge in [-0.25, -0.2) is 0 Å². The zero-order valence-corrected chi connectivity index (χ0v) is 18.0. The molecule has 158 valence electrons. The van der Waals surface area contributed by atoms with Crippen LogP contribution >= 0.6 is 0 Å². The molecule has 1 saturated carbocycles. The summed E-state index contributed by atoms with van der Waals surface area (Å²) in [7, 11) is 9.83. The number of ether oxygens (including phenoxy) is 6. The smallest absolute Gasteiger partial charge is 0.203 e. The molecular formula is C23H30O6. The van der Waals surface area contributed by atoms with Crippen LogP contribution in [0.1, 0.15) is 42.2 Å². The molecule has 2 aromatic rings. The van der Waals surface area contributed by atoms with Crippen molar-refractivity contribution in [2.24, 2.45) is 0 Å². The van der Waals surface area contributed by atoms with E-state index in [2.05, 4.69) is 24.3 Å². The molecule has 2 unspecified atom stereocenters. The molecule has 6 heteroatoms. The highest BCUT2D eigenvalue weighted by Crippen LogP contribution is 2.49. The molecule has 0 spiro atoms. The van der Waals surface area contributed by atoms with E-state index in [0.29, 0.717) is 46.3 Å². The summed E-state index contributed by atoms with van der Waals surface area (Å²) in [4.78, 5) is 0. The highest BCUT2D eigenvalue weighted by molar-refractivity contribution is 5.56. The summed E-state index contributed by atoms with van der Waals surface area (Å²) in [5.74, 6) is 4.84. The molecule has 0 saturated heterocycles. The minimum absolute atomic E-state index is 0.410. The Labute approximate surface area is 172 Å². The summed E-state index contributed by atoms with van der Waals surface area (Å²) in [5, 5.41) is 0. The van der Waals surface area contributed by atoms with Gasteiger partial charge in [0.05, 0.1) is 42.7 Å². The Morgan fingerprint density at radius 3 is 1.07 bits per heavy atom. The van der Waals surface area contributed by atoms with Gasteiger partial charge in [0.2, 0.25) is 11.5 Å². The van der Waals surface area contributed by atoms with E-state index in [-0.39, 0.29) is 0 Å². The van der Waals surface area contributed by atoms with Crippen LogP contribution in [0.5, 0.6) is 34.5 Å². The van der Waals surface area contributed by atoms with E-state index in [9.17, 15) is 0 Å². The van der Waals surface area contributed by atoms with Gasteiger partial charge in [0.1, 0.15) is 0 Å². The number of methoxy groups -OCH3 is 6.